The zero-order valence-corrected chi connectivity index (χ0v) is 24.3. The lowest BCUT2D eigenvalue weighted by Crippen LogP contribution is -2.47. The number of nitrogens with zero attached hydrogens (tertiary/aromatic N) is 1. The van der Waals surface area contributed by atoms with Crippen molar-refractivity contribution in [2.45, 2.75) is 103 Å². The minimum Gasteiger partial charge on any atom is -0.415 e. The summed E-state index contributed by atoms with van der Waals surface area (Å²) in [6.07, 6.45) is 1.08. The lowest BCUT2D eigenvalue weighted by molar-refractivity contribution is -0.124. The molecule has 2 atom stereocenters. The highest BCUT2D eigenvalue weighted by Crippen LogP contribution is 2.40. The minimum atomic E-state index is -1.98. The third-order valence-electron chi connectivity index (χ3n) is 7.96. The Labute approximate surface area is 204 Å². The Morgan fingerprint density at radius 2 is 1.48 bits per heavy atom. The molecule has 5 nitrogen and oxygen atoms in total. The van der Waals surface area contributed by atoms with Crippen LogP contribution in [-0.2, 0) is 25.0 Å². The molecule has 183 valence electrons. The number of carbonyl (C=O) groups is 2. The first-order valence-electron chi connectivity index (χ1n) is 12.0. The maximum atomic E-state index is 12.7. The van der Waals surface area contributed by atoms with Crippen LogP contribution in [0.2, 0.25) is 36.3 Å². The van der Waals surface area contributed by atoms with Crippen molar-refractivity contribution in [1.82, 2.24) is 4.81 Å². The predicted molar refractivity (Wildman–Crippen MR) is 142 cm³/mol. The van der Waals surface area contributed by atoms with Gasteiger partial charge in [0.1, 0.15) is 6.19 Å². The van der Waals surface area contributed by atoms with Gasteiger partial charge >= 0.3 is 7.41 Å². The van der Waals surface area contributed by atoms with Gasteiger partial charge in [-0.25, -0.2) is 0 Å². The molecule has 1 saturated heterocycles. The van der Waals surface area contributed by atoms with Crippen molar-refractivity contribution >= 4 is 36.1 Å². The normalized spacial score (nSPS) is 20.3. The van der Waals surface area contributed by atoms with Gasteiger partial charge in [-0.3, -0.25) is 4.79 Å². The van der Waals surface area contributed by atoms with Crippen LogP contribution in [0.15, 0.2) is 24.3 Å². The van der Waals surface area contributed by atoms with Crippen LogP contribution >= 0.6 is 0 Å². The van der Waals surface area contributed by atoms with Crippen molar-refractivity contribution in [3.63, 3.8) is 0 Å². The van der Waals surface area contributed by atoms with E-state index in [1.54, 1.807) is 4.81 Å². The minimum absolute atomic E-state index is 0.00571. The molecule has 1 fully saturated rings. The maximum Gasteiger partial charge on any atom is 0.331 e. The first kappa shape index (κ1) is 28.0. The highest BCUT2D eigenvalue weighted by atomic mass is 28.4. The predicted octanol–water partition coefficient (Wildman–Crippen LogP) is 5.72. The van der Waals surface area contributed by atoms with Crippen molar-refractivity contribution in [1.29, 1.82) is 0 Å². The van der Waals surface area contributed by atoms with Crippen molar-refractivity contribution in [3.05, 3.63) is 35.4 Å². The summed E-state index contributed by atoms with van der Waals surface area (Å²) in [6.45, 7) is 23.3. The largest absolute Gasteiger partial charge is 0.415 e. The molecule has 33 heavy (non-hydrogen) atoms. The molecule has 1 aliphatic heterocycles. The van der Waals surface area contributed by atoms with E-state index in [2.05, 4.69) is 92.0 Å². The van der Waals surface area contributed by atoms with Crippen LogP contribution in [0.3, 0.4) is 0 Å². The van der Waals surface area contributed by atoms with E-state index in [1.165, 1.54) is 7.41 Å². The molecule has 1 radical (unpaired) electrons. The Morgan fingerprint density at radius 1 is 0.970 bits per heavy atom. The monoisotopic (exact) mass is 488 g/mol. The molecule has 1 aromatic carbocycles. The van der Waals surface area contributed by atoms with E-state index in [0.717, 1.165) is 11.1 Å². The Morgan fingerprint density at radius 3 is 1.97 bits per heavy atom. The zero-order valence-electron chi connectivity index (χ0n) is 22.3. The third kappa shape index (κ3) is 6.68. The highest BCUT2D eigenvalue weighted by Gasteiger charge is 2.44. The topological polar surface area (TPSA) is 55.8 Å². The van der Waals surface area contributed by atoms with E-state index in [-0.39, 0.29) is 27.9 Å². The third-order valence-corrected chi connectivity index (χ3v) is 16.9. The molecule has 0 aromatic heterocycles. The Hall–Kier alpha value is -1.22. The fraction of sp³-hybridized carbons (Fsp3) is 0.680. The second kappa shape index (κ2) is 10.2. The molecular formula is C25H43BNO4Si2. The Kier molecular flexibility index (Phi) is 8.64. The van der Waals surface area contributed by atoms with E-state index in [4.69, 9.17) is 8.85 Å². The van der Waals surface area contributed by atoms with Gasteiger partial charge in [0.2, 0.25) is 5.91 Å². The number of rotatable bonds is 9. The van der Waals surface area contributed by atoms with Crippen LogP contribution in [0, 0.1) is 0 Å². The molecule has 8 heteroatoms. The molecule has 1 aliphatic rings. The van der Waals surface area contributed by atoms with Crippen LogP contribution in [-0.4, -0.2) is 53.6 Å². The van der Waals surface area contributed by atoms with Crippen LogP contribution in [0.1, 0.15) is 65.0 Å². The summed E-state index contributed by atoms with van der Waals surface area (Å²) in [7, 11) is -2.43. The van der Waals surface area contributed by atoms with Crippen LogP contribution in [0.5, 0.6) is 0 Å². The number of benzene rings is 1. The number of hydrogen-bond acceptors (Lipinski definition) is 4. The summed E-state index contributed by atoms with van der Waals surface area (Å²) in [5.41, 5.74) is 2.24. The van der Waals surface area contributed by atoms with Gasteiger partial charge in [-0.1, -0.05) is 65.8 Å². The zero-order chi connectivity index (χ0) is 25.2. The SMILES string of the molecule is CC(C)(C)[Si](C)(C)OCc1ccc([C@H]2CC(=O)N([B]C=O)[C@@H]2CO[Si](C)(C)C(C)(C)C)cc1. The maximum absolute atomic E-state index is 12.7. The second-order valence-electron chi connectivity index (χ2n) is 12.3. The fourth-order valence-electron chi connectivity index (χ4n) is 3.46. The average Bonchev–Trinajstić information content (AvgIpc) is 2.99. The summed E-state index contributed by atoms with van der Waals surface area (Å²) in [4.78, 5) is 25.5. The average molecular weight is 489 g/mol. The van der Waals surface area contributed by atoms with Crippen molar-refractivity contribution in [2.24, 2.45) is 0 Å². The van der Waals surface area contributed by atoms with Crippen LogP contribution in [0.25, 0.3) is 0 Å². The molecule has 1 aromatic rings. The first-order chi connectivity index (χ1) is 15.0. The van der Waals surface area contributed by atoms with Crippen LogP contribution < -0.4 is 0 Å². The summed E-state index contributed by atoms with van der Waals surface area (Å²) in [5.74, 6) is -0.0323. The van der Waals surface area contributed by atoms with E-state index in [0.29, 0.717) is 25.8 Å². The van der Waals surface area contributed by atoms with Crippen molar-refractivity contribution in [2.75, 3.05) is 6.61 Å². The molecule has 0 spiro atoms. The second-order valence-corrected chi connectivity index (χ2v) is 21.9. The van der Waals surface area contributed by atoms with Gasteiger partial charge < -0.3 is 18.5 Å². The van der Waals surface area contributed by atoms with Crippen LogP contribution in [0.4, 0.5) is 0 Å². The number of carbonyl (C=O) groups excluding carboxylic acids is 2. The van der Waals surface area contributed by atoms with E-state index in [1.807, 2.05) is 0 Å². The van der Waals surface area contributed by atoms with Gasteiger partial charge in [0.15, 0.2) is 16.6 Å². The van der Waals surface area contributed by atoms with Gasteiger partial charge in [0.25, 0.3) is 0 Å². The molecule has 0 aliphatic carbocycles. The lowest BCUT2D eigenvalue weighted by atomic mass is 9.88. The summed E-state index contributed by atoms with van der Waals surface area (Å²) < 4.78 is 12.8. The summed E-state index contributed by atoms with van der Waals surface area (Å²) in [5, 5.41) is 0.253. The molecular weight excluding hydrogens is 445 g/mol. The molecule has 0 saturated carbocycles. The Balaban J connectivity index is 2.18. The van der Waals surface area contributed by atoms with Gasteiger partial charge in [-0.15, -0.1) is 0 Å². The summed E-state index contributed by atoms with van der Waals surface area (Å²) >= 11 is 0. The summed E-state index contributed by atoms with van der Waals surface area (Å²) in [6, 6.07) is 8.24. The van der Waals surface area contributed by atoms with E-state index in [9.17, 15) is 9.59 Å². The molecule has 2 rings (SSSR count). The first-order valence-corrected chi connectivity index (χ1v) is 17.8. The standard InChI is InChI=1S/C25H43BNO4Si2/c1-24(2,3)32(7,8)30-16-19-11-13-20(14-12-19)21-15-23(29)27(26-18-28)22(21)17-31-33(9,10)25(4,5)6/h11-14,18,21-22H,15-17H2,1-10H3/t21-,22-/m1/s1. The van der Waals surface area contributed by atoms with Gasteiger partial charge in [-0.2, -0.15) is 0 Å². The molecule has 0 N–H and O–H groups in total. The van der Waals surface area contributed by atoms with Crippen molar-refractivity contribution in [3.8, 4) is 0 Å². The van der Waals surface area contributed by atoms with Gasteiger partial charge in [0.05, 0.1) is 13.2 Å². The molecule has 0 bridgehead atoms. The molecule has 1 amide bonds. The van der Waals surface area contributed by atoms with E-state index >= 15 is 0 Å². The number of amides is 1. The molecule has 0 unspecified atom stereocenters. The smallest absolute Gasteiger partial charge is 0.331 e. The highest BCUT2D eigenvalue weighted by molar-refractivity contribution is 6.74. The fourth-order valence-corrected chi connectivity index (χ4v) is 5.44. The Bertz CT molecular complexity index is 828. The molecule has 1 heterocycles. The van der Waals surface area contributed by atoms with Gasteiger partial charge in [-0.05, 0) is 47.4 Å². The van der Waals surface area contributed by atoms with E-state index < -0.39 is 16.6 Å². The number of hydrogen-bond donors (Lipinski definition) is 0. The quantitative estimate of drug-likeness (QED) is 0.329. The van der Waals surface area contributed by atoms with Gasteiger partial charge in [0, 0.05) is 18.4 Å². The van der Waals surface area contributed by atoms with Crippen molar-refractivity contribution < 1.29 is 18.4 Å². The lowest BCUT2D eigenvalue weighted by Gasteiger charge is -2.38.